The highest BCUT2D eigenvalue weighted by molar-refractivity contribution is 7.70. The lowest BCUT2D eigenvalue weighted by atomic mass is 9.91. The summed E-state index contributed by atoms with van der Waals surface area (Å²) in [5, 5.41) is 1.05. The number of aromatic nitrogens is 2. The van der Waals surface area contributed by atoms with Crippen molar-refractivity contribution in [3.05, 3.63) is 29.4 Å². The van der Waals surface area contributed by atoms with Gasteiger partial charge in [-0.05, 0) is 39.2 Å². The molecule has 2 aromatic rings. The van der Waals surface area contributed by atoms with Gasteiger partial charge in [-0.25, -0.2) is 9.97 Å². The van der Waals surface area contributed by atoms with Gasteiger partial charge in [0.1, 0.15) is 18.7 Å². The first-order chi connectivity index (χ1) is 12.1. The first-order valence-electron chi connectivity index (χ1n) is 8.59. The number of hydrogen-bond donors (Lipinski definition) is 2. The Kier molecular flexibility index (Phi) is 5.04. The Labute approximate surface area is 159 Å². The zero-order chi connectivity index (χ0) is 19.1. The summed E-state index contributed by atoms with van der Waals surface area (Å²) in [6.45, 7) is 7.11. The van der Waals surface area contributed by atoms with E-state index in [2.05, 4.69) is 21.8 Å². The minimum Gasteiger partial charge on any atom is -0.382 e. The van der Waals surface area contributed by atoms with Crippen molar-refractivity contribution < 1.29 is 4.57 Å². The molecule has 3 rings (SSSR count). The van der Waals surface area contributed by atoms with E-state index in [0.717, 1.165) is 31.7 Å². The van der Waals surface area contributed by atoms with Gasteiger partial charge in [0.15, 0.2) is 5.82 Å². The van der Waals surface area contributed by atoms with E-state index in [1.165, 1.54) is 0 Å². The van der Waals surface area contributed by atoms with Gasteiger partial charge in [0, 0.05) is 29.5 Å². The largest absolute Gasteiger partial charge is 0.382 e. The van der Waals surface area contributed by atoms with Gasteiger partial charge < -0.3 is 20.9 Å². The van der Waals surface area contributed by atoms with E-state index in [1.54, 1.807) is 25.6 Å². The van der Waals surface area contributed by atoms with Crippen molar-refractivity contribution in [1.29, 1.82) is 0 Å². The molecular weight excluding hydrogens is 369 g/mol. The topological polar surface area (TPSA) is 98.1 Å². The van der Waals surface area contributed by atoms with Crippen LogP contribution in [0.4, 0.5) is 11.6 Å². The highest BCUT2D eigenvalue weighted by Crippen LogP contribution is 2.41. The molecule has 0 saturated carbocycles. The second-order valence-electron chi connectivity index (χ2n) is 7.59. The molecule has 8 heteroatoms. The van der Waals surface area contributed by atoms with Gasteiger partial charge in [0.2, 0.25) is 0 Å². The molecule has 2 heterocycles. The Morgan fingerprint density at radius 3 is 2.50 bits per heavy atom. The molecule has 1 aromatic carbocycles. The molecule has 0 unspecified atom stereocenters. The van der Waals surface area contributed by atoms with E-state index in [4.69, 9.17) is 23.1 Å². The maximum Gasteiger partial charge on any atom is 0.152 e. The molecular formula is C18H25ClN5OP. The van der Waals surface area contributed by atoms with Crippen molar-refractivity contribution in [1.82, 2.24) is 9.97 Å². The second kappa shape index (κ2) is 6.84. The van der Waals surface area contributed by atoms with Crippen molar-refractivity contribution in [2.45, 2.75) is 25.3 Å². The van der Waals surface area contributed by atoms with E-state index in [1.807, 2.05) is 12.1 Å². The summed E-state index contributed by atoms with van der Waals surface area (Å²) in [5.41, 5.74) is 13.4. The zero-order valence-corrected chi connectivity index (χ0v) is 17.0. The number of benzene rings is 1. The number of hydrogen-bond acceptors (Lipinski definition) is 6. The van der Waals surface area contributed by atoms with Gasteiger partial charge in [-0.1, -0.05) is 23.7 Å². The van der Waals surface area contributed by atoms with Crippen molar-refractivity contribution >= 4 is 35.7 Å². The summed E-state index contributed by atoms with van der Waals surface area (Å²) in [4.78, 5) is 11.2. The van der Waals surface area contributed by atoms with Gasteiger partial charge in [-0.2, -0.15) is 0 Å². The van der Waals surface area contributed by atoms with E-state index in [9.17, 15) is 4.57 Å². The van der Waals surface area contributed by atoms with E-state index < -0.39 is 7.14 Å². The summed E-state index contributed by atoms with van der Waals surface area (Å²) in [7, 11) is -2.50. The van der Waals surface area contributed by atoms with Crippen LogP contribution >= 0.6 is 18.7 Å². The Balaban J connectivity index is 1.93. The van der Waals surface area contributed by atoms with Crippen molar-refractivity contribution in [2.75, 3.05) is 37.1 Å². The number of nitrogens with two attached hydrogens (primary N) is 2. The van der Waals surface area contributed by atoms with Crippen molar-refractivity contribution in [3.63, 3.8) is 0 Å². The van der Waals surface area contributed by atoms with Crippen LogP contribution in [0, 0.1) is 0 Å². The number of anilines is 2. The molecule has 0 radical (unpaired) electrons. The lowest BCUT2D eigenvalue weighted by Crippen LogP contribution is -2.48. The minimum atomic E-state index is -2.50. The normalized spacial score (nSPS) is 17.3. The Morgan fingerprint density at radius 1 is 1.27 bits per heavy atom. The van der Waals surface area contributed by atoms with Gasteiger partial charge >= 0.3 is 0 Å². The van der Waals surface area contributed by atoms with Crippen LogP contribution < -0.4 is 21.7 Å². The van der Waals surface area contributed by atoms with Crippen LogP contribution in [0.1, 0.15) is 19.8 Å². The number of halogens is 1. The highest BCUT2D eigenvalue weighted by atomic mass is 35.5. The molecule has 0 bridgehead atoms. The molecule has 26 heavy (non-hydrogen) atoms. The SMILES string of the molecule is CC1(N)CCN(c2cnc(-c3cccc(P(C)(C)=O)c3Cl)c(N)n2)CC1. The van der Waals surface area contributed by atoms with Crippen LogP contribution in [-0.4, -0.2) is 41.9 Å². The maximum absolute atomic E-state index is 12.5. The van der Waals surface area contributed by atoms with Crippen LogP contribution in [0.2, 0.25) is 5.02 Å². The standard InChI is InChI=1S/C18H25ClN5OP/c1-18(21)7-9-24(10-8-18)14-11-22-16(17(20)23-14)12-5-4-6-13(15(12)19)26(2,3)25/h4-6,11H,7-10,21H2,1-3H3,(H2,20,23). The molecule has 1 aliphatic rings. The predicted molar refractivity (Wildman–Crippen MR) is 110 cm³/mol. The fraction of sp³-hybridized carbons (Fsp3) is 0.444. The molecule has 140 valence electrons. The highest BCUT2D eigenvalue weighted by Gasteiger charge is 2.27. The molecule has 1 saturated heterocycles. The third kappa shape index (κ3) is 3.88. The predicted octanol–water partition coefficient (Wildman–Crippen LogP) is 2.94. The maximum atomic E-state index is 12.5. The van der Waals surface area contributed by atoms with Crippen LogP contribution in [0.3, 0.4) is 0 Å². The number of nitrogen functional groups attached to an aromatic ring is 1. The van der Waals surface area contributed by atoms with Gasteiger partial charge in [0.05, 0.1) is 11.2 Å². The average Bonchev–Trinajstić information content (AvgIpc) is 2.54. The monoisotopic (exact) mass is 393 g/mol. The van der Waals surface area contributed by atoms with E-state index in [0.29, 0.717) is 27.4 Å². The molecule has 1 aromatic heterocycles. The first-order valence-corrected chi connectivity index (χ1v) is 11.6. The lowest BCUT2D eigenvalue weighted by Gasteiger charge is -2.37. The average molecular weight is 394 g/mol. The number of rotatable bonds is 3. The van der Waals surface area contributed by atoms with E-state index >= 15 is 0 Å². The summed E-state index contributed by atoms with van der Waals surface area (Å²) >= 11 is 6.50. The molecule has 0 aliphatic carbocycles. The Hall–Kier alpha value is -1.62. The zero-order valence-electron chi connectivity index (χ0n) is 15.4. The fourth-order valence-electron chi connectivity index (χ4n) is 3.12. The minimum absolute atomic E-state index is 0.127. The summed E-state index contributed by atoms with van der Waals surface area (Å²) in [5.74, 6) is 1.05. The molecule has 4 N–H and O–H groups in total. The van der Waals surface area contributed by atoms with Crippen LogP contribution in [-0.2, 0) is 4.57 Å². The molecule has 0 amide bonds. The van der Waals surface area contributed by atoms with E-state index in [-0.39, 0.29) is 5.54 Å². The van der Waals surface area contributed by atoms with Gasteiger partial charge in [-0.15, -0.1) is 0 Å². The molecule has 1 fully saturated rings. The molecule has 6 nitrogen and oxygen atoms in total. The molecule has 0 spiro atoms. The fourth-order valence-corrected chi connectivity index (χ4v) is 4.98. The third-order valence-electron chi connectivity index (χ3n) is 4.83. The van der Waals surface area contributed by atoms with Gasteiger partial charge in [0.25, 0.3) is 0 Å². The van der Waals surface area contributed by atoms with Crippen molar-refractivity contribution in [3.8, 4) is 11.3 Å². The Morgan fingerprint density at radius 2 is 1.92 bits per heavy atom. The lowest BCUT2D eigenvalue weighted by molar-refractivity contribution is 0.363. The molecule has 0 atom stereocenters. The third-order valence-corrected chi connectivity index (χ3v) is 6.90. The van der Waals surface area contributed by atoms with Crippen LogP contribution in [0.25, 0.3) is 11.3 Å². The summed E-state index contributed by atoms with van der Waals surface area (Å²) < 4.78 is 12.5. The summed E-state index contributed by atoms with van der Waals surface area (Å²) in [6.07, 6.45) is 3.50. The van der Waals surface area contributed by atoms with Crippen LogP contribution in [0.15, 0.2) is 24.4 Å². The second-order valence-corrected chi connectivity index (χ2v) is 11.2. The quantitative estimate of drug-likeness (QED) is 0.778. The van der Waals surface area contributed by atoms with Crippen molar-refractivity contribution in [2.24, 2.45) is 5.73 Å². The smallest absolute Gasteiger partial charge is 0.152 e. The van der Waals surface area contributed by atoms with Crippen LogP contribution in [0.5, 0.6) is 0 Å². The number of nitrogens with zero attached hydrogens (tertiary/aromatic N) is 3. The number of piperidine rings is 1. The van der Waals surface area contributed by atoms with Gasteiger partial charge in [-0.3, -0.25) is 0 Å². The Bertz CT molecular complexity index is 870. The first kappa shape index (κ1) is 19.2. The summed E-state index contributed by atoms with van der Waals surface area (Å²) in [6, 6.07) is 5.42. The molecule has 1 aliphatic heterocycles.